The maximum Gasteiger partial charge on any atom is 0.252 e. The number of carbonyl (C=O) groups is 1. The minimum atomic E-state index is -0.112. The van der Waals surface area contributed by atoms with Crippen LogP contribution >= 0.6 is 0 Å². The SMILES string of the molecule is Cc1cc([C@H]2CCCN(C(=O)[C@H]3COc4ccccc4C3)C2)n2ncnc2n1. The number of likely N-dealkylation sites (tertiary alicyclic amines) is 1. The van der Waals surface area contributed by atoms with Crippen molar-refractivity contribution < 1.29 is 9.53 Å². The molecule has 0 radical (unpaired) electrons. The molecule has 144 valence electrons. The first-order valence-corrected chi connectivity index (χ1v) is 9.86. The molecule has 0 unspecified atom stereocenters. The molecule has 0 bridgehead atoms. The molecule has 3 aromatic rings. The number of hydrogen-bond acceptors (Lipinski definition) is 5. The Hall–Kier alpha value is -2.96. The highest BCUT2D eigenvalue weighted by Crippen LogP contribution is 2.31. The van der Waals surface area contributed by atoms with Crippen LogP contribution in [0.4, 0.5) is 0 Å². The van der Waals surface area contributed by atoms with Crippen LogP contribution in [0.1, 0.15) is 35.7 Å². The molecule has 28 heavy (non-hydrogen) atoms. The second-order valence-corrected chi connectivity index (χ2v) is 7.74. The molecule has 2 atom stereocenters. The summed E-state index contributed by atoms with van der Waals surface area (Å²) in [6.45, 7) is 3.94. The van der Waals surface area contributed by atoms with Crippen LogP contribution in [0.3, 0.4) is 0 Å². The number of rotatable bonds is 2. The highest BCUT2D eigenvalue weighted by molar-refractivity contribution is 5.80. The fraction of sp³-hybridized carbons (Fsp3) is 0.429. The fourth-order valence-electron chi connectivity index (χ4n) is 4.41. The summed E-state index contributed by atoms with van der Waals surface area (Å²) in [5.41, 5.74) is 3.13. The van der Waals surface area contributed by atoms with Gasteiger partial charge in [-0.2, -0.15) is 10.1 Å². The van der Waals surface area contributed by atoms with E-state index in [0.717, 1.165) is 48.5 Å². The molecular weight excluding hydrogens is 354 g/mol. The molecule has 4 heterocycles. The van der Waals surface area contributed by atoms with Gasteiger partial charge >= 0.3 is 0 Å². The van der Waals surface area contributed by atoms with Crippen molar-refractivity contribution in [2.45, 2.75) is 32.1 Å². The van der Waals surface area contributed by atoms with Crippen molar-refractivity contribution in [1.29, 1.82) is 0 Å². The second-order valence-electron chi connectivity index (χ2n) is 7.74. The predicted molar refractivity (Wildman–Crippen MR) is 103 cm³/mol. The molecule has 2 aliphatic heterocycles. The summed E-state index contributed by atoms with van der Waals surface area (Å²) < 4.78 is 7.66. The van der Waals surface area contributed by atoms with E-state index in [9.17, 15) is 4.79 Å². The van der Waals surface area contributed by atoms with Crippen molar-refractivity contribution in [2.75, 3.05) is 19.7 Å². The van der Waals surface area contributed by atoms with Gasteiger partial charge in [-0.25, -0.2) is 9.50 Å². The van der Waals surface area contributed by atoms with Gasteiger partial charge in [-0.3, -0.25) is 4.79 Å². The number of nitrogens with zero attached hydrogens (tertiary/aromatic N) is 5. The third kappa shape index (κ3) is 3.00. The van der Waals surface area contributed by atoms with Crippen LogP contribution < -0.4 is 4.74 Å². The molecule has 2 aliphatic rings. The molecule has 0 aliphatic carbocycles. The van der Waals surface area contributed by atoms with Crippen molar-refractivity contribution in [3.63, 3.8) is 0 Å². The lowest BCUT2D eigenvalue weighted by Gasteiger charge is -2.36. The largest absolute Gasteiger partial charge is 0.492 e. The maximum absolute atomic E-state index is 13.2. The van der Waals surface area contributed by atoms with Crippen LogP contribution in [0.2, 0.25) is 0 Å². The second kappa shape index (κ2) is 6.89. The zero-order valence-electron chi connectivity index (χ0n) is 15.9. The van der Waals surface area contributed by atoms with Gasteiger partial charge in [0.05, 0.1) is 11.6 Å². The third-order valence-electron chi connectivity index (χ3n) is 5.79. The smallest absolute Gasteiger partial charge is 0.252 e. The average molecular weight is 377 g/mol. The fourth-order valence-corrected chi connectivity index (χ4v) is 4.41. The molecule has 5 rings (SSSR count). The summed E-state index contributed by atoms with van der Waals surface area (Å²) in [6, 6.07) is 10.1. The van der Waals surface area contributed by atoms with Gasteiger partial charge in [0.15, 0.2) is 0 Å². The molecule has 1 aromatic carbocycles. The molecule has 0 saturated carbocycles. The van der Waals surface area contributed by atoms with E-state index in [-0.39, 0.29) is 17.7 Å². The van der Waals surface area contributed by atoms with Gasteiger partial charge in [0, 0.05) is 24.7 Å². The standard InChI is InChI=1S/C21H23N5O2/c1-14-9-18(26-21(24-14)22-13-23-26)16-6-4-8-25(11-16)20(27)17-10-15-5-2-3-7-19(15)28-12-17/h2-3,5,7,9,13,16-17H,4,6,8,10-12H2,1H3/t16-,17+/m0/s1. The Morgan fingerprint density at radius 3 is 3.11 bits per heavy atom. The molecule has 1 amide bonds. The van der Waals surface area contributed by atoms with Crippen LogP contribution in [-0.4, -0.2) is 50.1 Å². The first kappa shape index (κ1) is 17.2. The van der Waals surface area contributed by atoms with Crippen molar-refractivity contribution in [3.05, 3.63) is 53.6 Å². The van der Waals surface area contributed by atoms with Gasteiger partial charge in [-0.15, -0.1) is 0 Å². The number of aromatic nitrogens is 4. The zero-order chi connectivity index (χ0) is 19.1. The molecule has 1 saturated heterocycles. The summed E-state index contributed by atoms with van der Waals surface area (Å²) in [4.78, 5) is 23.9. The number of para-hydroxylation sites is 1. The number of fused-ring (bicyclic) bond motifs is 2. The van der Waals surface area contributed by atoms with Gasteiger partial charge in [-0.1, -0.05) is 18.2 Å². The van der Waals surface area contributed by atoms with Crippen molar-refractivity contribution in [2.24, 2.45) is 5.92 Å². The lowest BCUT2D eigenvalue weighted by molar-refractivity contribution is -0.138. The van der Waals surface area contributed by atoms with Gasteiger partial charge in [0.1, 0.15) is 18.7 Å². The zero-order valence-corrected chi connectivity index (χ0v) is 15.9. The van der Waals surface area contributed by atoms with E-state index in [1.807, 2.05) is 34.5 Å². The van der Waals surface area contributed by atoms with Crippen LogP contribution in [0, 0.1) is 12.8 Å². The number of amides is 1. The topological polar surface area (TPSA) is 72.6 Å². The van der Waals surface area contributed by atoms with Gasteiger partial charge in [0.2, 0.25) is 5.91 Å². The monoisotopic (exact) mass is 377 g/mol. The Morgan fingerprint density at radius 1 is 1.29 bits per heavy atom. The number of aryl methyl sites for hydroxylation is 1. The molecule has 0 N–H and O–H groups in total. The van der Waals surface area contributed by atoms with Crippen LogP contribution in [0.5, 0.6) is 5.75 Å². The lowest BCUT2D eigenvalue weighted by atomic mass is 9.91. The van der Waals surface area contributed by atoms with Crippen LogP contribution in [0.25, 0.3) is 5.78 Å². The molecule has 0 spiro atoms. The highest BCUT2D eigenvalue weighted by atomic mass is 16.5. The molecule has 1 fully saturated rings. The van der Waals surface area contributed by atoms with E-state index < -0.39 is 0 Å². The van der Waals surface area contributed by atoms with Gasteiger partial charge in [0.25, 0.3) is 5.78 Å². The normalized spacial score (nSPS) is 22.0. The first-order chi connectivity index (χ1) is 13.7. The number of benzene rings is 1. The summed E-state index contributed by atoms with van der Waals surface area (Å²) in [6.07, 6.45) is 4.30. The maximum atomic E-state index is 13.2. The highest BCUT2D eigenvalue weighted by Gasteiger charge is 2.33. The third-order valence-corrected chi connectivity index (χ3v) is 5.79. The Bertz CT molecular complexity index is 1030. The predicted octanol–water partition coefficient (Wildman–Crippen LogP) is 2.39. The quantitative estimate of drug-likeness (QED) is 0.686. The van der Waals surface area contributed by atoms with E-state index in [4.69, 9.17) is 4.74 Å². The summed E-state index contributed by atoms with van der Waals surface area (Å²) >= 11 is 0. The Balaban J connectivity index is 1.36. The average Bonchev–Trinajstić information content (AvgIpc) is 3.20. The number of ether oxygens (including phenoxy) is 1. The van der Waals surface area contributed by atoms with Crippen molar-refractivity contribution in [3.8, 4) is 5.75 Å². The molecule has 7 heteroatoms. The number of carbonyl (C=O) groups excluding carboxylic acids is 1. The summed E-state index contributed by atoms with van der Waals surface area (Å²) in [5, 5.41) is 4.34. The van der Waals surface area contributed by atoms with Crippen LogP contribution in [-0.2, 0) is 11.2 Å². The molecule has 2 aromatic heterocycles. The van der Waals surface area contributed by atoms with E-state index in [2.05, 4.69) is 27.2 Å². The first-order valence-electron chi connectivity index (χ1n) is 9.86. The number of piperidine rings is 1. The Labute approximate surface area is 163 Å². The molecular formula is C21H23N5O2. The van der Waals surface area contributed by atoms with Gasteiger partial charge in [-0.05, 0) is 43.9 Å². The molecule has 7 nitrogen and oxygen atoms in total. The summed E-state index contributed by atoms with van der Waals surface area (Å²) in [7, 11) is 0. The van der Waals surface area contributed by atoms with Crippen molar-refractivity contribution in [1.82, 2.24) is 24.5 Å². The minimum absolute atomic E-state index is 0.112. The van der Waals surface area contributed by atoms with Gasteiger partial charge < -0.3 is 9.64 Å². The van der Waals surface area contributed by atoms with Crippen molar-refractivity contribution >= 4 is 11.7 Å². The number of hydrogen-bond donors (Lipinski definition) is 0. The van der Waals surface area contributed by atoms with E-state index in [1.165, 1.54) is 6.33 Å². The van der Waals surface area contributed by atoms with E-state index >= 15 is 0 Å². The lowest BCUT2D eigenvalue weighted by Crippen LogP contribution is -2.45. The summed E-state index contributed by atoms with van der Waals surface area (Å²) in [5.74, 6) is 1.85. The van der Waals surface area contributed by atoms with E-state index in [1.54, 1.807) is 0 Å². The van der Waals surface area contributed by atoms with E-state index in [0.29, 0.717) is 18.9 Å². The Morgan fingerprint density at radius 2 is 2.18 bits per heavy atom. The minimum Gasteiger partial charge on any atom is -0.492 e. The van der Waals surface area contributed by atoms with Crippen LogP contribution in [0.15, 0.2) is 36.7 Å². The Kier molecular flexibility index (Phi) is 4.22.